The summed E-state index contributed by atoms with van der Waals surface area (Å²) in [6.45, 7) is 2.70. The average Bonchev–Trinajstić information content (AvgIpc) is 3.00. The summed E-state index contributed by atoms with van der Waals surface area (Å²) in [5.74, 6) is -1.83. The van der Waals surface area contributed by atoms with Crippen molar-refractivity contribution in [1.82, 2.24) is 9.78 Å². The summed E-state index contributed by atoms with van der Waals surface area (Å²) >= 11 is 5.18. The molecule has 0 amide bonds. The van der Waals surface area contributed by atoms with E-state index in [0.717, 1.165) is 12.1 Å². The summed E-state index contributed by atoms with van der Waals surface area (Å²) in [7, 11) is 0. The maximum absolute atomic E-state index is 13.2. The van der Waals surface area contributed by atoms with Crippen molar-refractivity contribution in [3.8, 4) is 0 Å². The van der Waals surface area contributed by atoms with E-state index in [2.05, 4.69) is 34.8 Å². The van der Waals surface area contributed by atoms with Crippen LogP contribution in [0.25, 0.3) is 0 Å². The third-order valence-corrected chi connectivity index (χ3v) is 3.87. The van der Waals surface area contributed by atoms with Crippen molar-refractivity contribution in [2.24, 2.45) is 0 Å². The van der Waals surface area contributed by atoms with Crippen molar-refractivity contribution in [2.75, 3.05) is 10.6 Å². The minimum Gasteiger partial charge on any atom is -0.332 e. The highest BCUT2D eigenvalue weighted by atomic mass is 32.1. The second-order valence-electron chi connectivity index (χ2n) is 5.56. The van der Waals surface area contributed by atoms with Gasteiger partial charge in [-0.2, -0.15) is 5.10 Å². The predicted molar refractivity (Wildman–Crippen MR) is 98.7 cm³/mol. The molecule has 1 aromatic heterocycles. The Hall–Kier alpha value is -2.80. The maximum Gasteiger partial charge on any atom is 0.175 e. The molecule has 3 rings (SSSR count). The molecule has 0 fully saturated rings. The summed E-state index contributed by atoms with van der Waals surface area (Å²) in [5, 5.41) is 10.3. The molecule has 3 aromatic rings. The molecule has 0 aliphatic heterocycles. The van der Waals surface area contributed by atoms with E-state index in [1.807, 2.05) is 18.3 Å². The monoisotopic (exact) mass is 358 g/mol. The number of aryl methyl sites for hydroxylation is 1. The average molecular weight is 358 g/mol. The molecule has 0 unspecified atom stereocenters. The quantitative estimate of drug-likeness (QED) is 0.682. The lowest BCUT2D eigenvalue weighted by Crippen LogP contribution is -2.18. The van der Waals surface area contributed by atoms with Gasteiger partial charge >= 0.3 is 0 Å². The number of aromatic nitrogens is 2. The van der Waals surface area contributed by atoms with Gasteiger partial charge in [0, 0.05) is 18.0 Å². The second kappa shape index (κ2) is 7.40. The summed E-state index contributed by atoms with van der Waals surface area (Å²) in [4.78, 5) is 0. The van der Waals surface area contributed by atoms with Crippen LogP contribution in [0, 0.1) is 18.6 Å². The Morgan fingerprint density at radius 1 is 1.08 bits per heavy atom. The zero-order valence-electron chi connectivity index (χ0n) is 13.5. The van der Waals surface area contributed by atoms with Gasteiger partial charge in [-0.05, 0) is 42.4 Å². The molecule has 2 aromatic carbocycles. The van der Waals surface area contributed by atoms with Gasteiger partial charge in [-0.15, -0.1) is 0 Å². The fourth-order valence-corrected chi connectivity index (χ4v) is 2.58. The Morgan fingerprint density at radius 2 is 1.84 bits per heavy atom. The van der Waals surface area contributed by atoms with E-state index in [-0.39, 0.29) is 5.11 Å². The van der Waals surface area contributed by atoms with Crippen LogP contribution in [0.1, 0.15) is 11.1 Å². The van der Waals surface area contributed by atoms with Crippen LogP contribution in [0.2, 0.25) is 0 Å². The molecule has 25 heavy (non-hydrogen) atoms. The molecule has 0 spiro atoms. The Bertz CT molecular complexity index is 908. The first-order valence-corrected chi connectivity index (χ1v) is 8.02. The van der Waals surface area contributed by atoms with E-state index in [0.29, 0.717) is 17.9 Å². The SMILES string of the molecule is Cc1ccccc1Cn1cc(NC(=S)Nc2ccc(F)c(F)c2)cn1. The molecule has 0 aliphatic rings. The molecule has 7 heteroatoms. The van der Waals surface area contributed by atoms with E-state index in [9.17, 15) is 8.78 Å². The number of thiocarbonyl (C=S) groups is 1. The van der Waals surface area contributed by atoms with Crippen LogP contribution in [0.5, 0.6) is 0 Å². The summed E-state index contributed by atoms with van der Waals surface area (Å²) in [5.41, 5.74) is 3.44. The highest BCUT2D eigenvalue weighted by Gasteiger charge is 2.06. The first kappa shape index (κ1) is 17.0. The third-order valence-electron chi connectivity index (χ3n) is 3.66. The minimum absolute atomic E-state index is 0.265. The van der Waals surface area contributed by atoms with Crippen molar-refractivity contribution in [3.05, 3.63) is 77.6 Å². The fraction of sp³-hybridized carbons (Fsp3) is 0.111. The van der Waals surface area contributed by atoms with Crippen molar-refractivity contribution in [1.29, 1.82) is 0 Å². The minimum atomic E-state index is -0.932. The van der Waals surface area contributed by atoms with E-state index < -0.39 is 11.6 Å². The van der Waals surface area contributed by atoms with E-state index >= 15 is 0 Å². The van der Waals surface area contributed by atoms with Crippen LogP contribution in [0.15, 0.2) is 54.9 Å². The molecule has 0 aliphatic carbocycles. The van der Waals surface area contributed by atoms with Gasteiger partial charge in [0.15, 0.2) is 16.7 Å². The normalized spacial score (nSPS) is 10.5. The second-order valence-corrected chi connectivity index (χ2v) is 5.97. The van der Waals surface area contributed by atoms with Crippen molar-refractivity contribution < 1.29 is 8.78 Å². The number of nitrogens with one attached hydrogen (secondary N) is 2. The molecular weight excluding hydrogens is 342 g/mol. The highest BCUT2D eigenvalue weighted by molar-refractivity contribution is 7.80. The topological polar surface area (TPSA) is 41.9 Å². The smallest absolute Gasteiger partial charge is 0.175 e. The summed E-state index contributed by atoms with van der Waals surface area (Å²) in [6, 6.07) is 11.6. The molecule has 0 saturated heterocycles. The van der Waals surface area contributed by atoms with Gasteiger partial charge in [-0.1, -0.05) is 24.3 Å². The van der Waals surface area contributed by atoms with Crippen LogP contribution < -0.4 is 10.6 Å². The fourth-order valence-electron chi connectivity index (χ4n) is 2.34. The molecular formula is C18H16F2N4S. The Labute approximate surface area is 149 Å². The molecule has 0 saturated carbocycles. The Morgan fingerprint density at radius 3 is 2.60 bits per heavy atom. The van der Waals surface area contributed by atoms with Gasteiger partial charge in [0.1, 0.15) is 0 Å². The van der Waals surface area contributed by atoms with Crippen LogP contribution in [-0.2, 0) is 6.54 Å². The summed E-state index contributed by atoms with van der Waals surface area (Å²) in [6.07, 6.45) is 3.48. The van der Waals surface area contributed by atoms with E-state index in [4.69, 9.17) is 12.2 Å². The lowest BCUT2D eigenvalue weighted by molar-refractivity contribution is 0.509. The Balaban J connectivity index is 1.61. The zero-order chi connectivity index (χ0) is 17.8. The standard InChI is InChI=1S/C18H16F2N4S/c1-12-4-2-3-5-13(12)10-24-11-15(9-21-24)23-18(25)22-14-6-7-16(19)17(20)8-14/h2-9,11H,10H2,1H3,(H2,22,23,25). The van der Waals surface area contributed by atoms with Gasteiger partial charge in [0.05, 0.1) is 18.4 Å². The van der Waals surface area contributed by atoms with Gasteiger partial charge < -0.3 is 10.6 Å². The highest BCUT2D eigenvalue weighted by Crippen LogP contribution is 2.15. The van der Waals surface area contributed by atoms with Gasteiger partial charge in [0.2, 0.25) is 0 Å². The molecule has 0 atom stereocenters. The number of halogens is 2. The maximum atomic E-state index is 13.2. The van der Waals surface area contributed by atoms with Gasteiger partial charge in [-0.3, -0.25) is 4.68 Å². The number of nitrogens with zero attached hydrogens (tertiary/aromatic N) is 2. The molecule has 0 radical (unpaired) electrons. The lowest BCUT2D eigenvalue weighted by atomic mass is 10.1. The van der Waals surface area contributed by atoms with Crippen LogP contribution in [0.4, 0.5) is 20.2 Å². The Kier molecular flexibility index (Phi) is 5.04. The van der Waals surface area contributed by atoms with E-state index in [1.54, 1.807) is 10.9 Å². The molecule has 4 nitrogen and oxygen atoms in total. The molecule has 128 valence electrons. The van der Waals surface area contributed by atoms with Crippen molar-refractivity contribution in [2.45, 2.75) is 13.5 Å². The van der Waals surface area contributed by atoms with E-state index in [1.165, 1.54) is 17.2 Å². The predicted octanol–water partition coefficient (Wildman–Crippen LogP) is 4.33. The largest absolute Gasteiger partial charge is 0.332 e. The first-order valence-electron chi connectivity index (χ1n) is 7.61. The van der Waals surface area contributed by atoms with Crippen LogP contribution >= 0.6 is 12.2 Å². The number of benzene rings is 2. The van der Waals surface area contributed by atoms with Crippen LogP contribution in [0.3, 0.4) is 0 Å². The van der Waals surface area contributed by atoms with Gasteiger partial charge in [0.25, 0.3) is 0 Å². The van der Waals surface area contributed by atoms with Gasteiger partial charge in [-0.25, -0.2) is 8.78 Å². The molecule has 0 bridgehead atoms. The lowest BCUT2D eigenvalue weighted by Gasteiger charge is -2.09. The number of rotatable bonds is 4. The number of hydrogen-bond donors (Lipinski definition) is 2. The van der Waals surface area contributed by atoms with Crippen molar-refractivity contribution in [3.63, 3.8) is 0 Å². The van der Waals surface area contributed by atoms with Crippen molar-refractivity contribution >= 4 is 28.7 Å². The first-order chi connectivity index (χ1) is 12.0. The third kappa shape index (κ3) is 4.39. The molecule has 1 heterocycles. The van der Waals surface area contributed by atoms with Crippen LogP contribution in [-0.4, -0.2) is 14.9 Å². The zero-order valence-corrected chi connectivity index (χ0v) is 14.3. The number of anilines is 2. The summed E-state index contributed by atoms with van der Waals surface area (Å²) < 4.78 is 27.9. The molecule has 2 N–H and O–H groups in total. The number of hydrogen-bond acceptors (Lipinski definition) is 2.